The highest BCUT2D eigenvalue weighted by Gasteiger charge is 2.55. The Morgan fingerprint density at radius 1 is 1.06 bits per heavy atom. The normalized spacial score (nSPS) is 30.4. The molecule has 4 aliphatic carbocycles. The Hall–Kier alpha value is -2.71. The monoisotopic (exact) mass is 506 g/mol. The van der Waals surface area contributed by atoms with Crippen molar-refractivity contribution >= 4 is 52.0 Å². The molecule has 7 rings (SSSR count). The fourth-order valence-corrected chi connectivity index (χ4v) is 7.92. The average Bonchev–Trinajstić information content (AvgIpc) is 3.38. The summed E-state index contributed by atoms with van der Waals surface area (Å²) in [6.45, 7) is 1.53. The molecule has 0 atom stereocenters. The molecule has 0 spiro atoms. The molecule has 1 aromatic heterocycles. The van der Waals surface area contributed by atoms with Gasteiger partial charge in [-0.2, -0.15) is 5.01 Å². The largest absolute Gasteiger partial charge is 0.457 e. The first-order valence-electron chi connectivity index (χ1n) is 12.1. The van der Waals surface area contributed by atoms with E-state index >= 15 is 0 Å². The second-order valence-corrected chi connectivity index (χ2v) is 12.2. The van der Waals surface area contributed by atoms with Gasteiger partial charge in [-0.05, 0) is 87.6 Å². The van der Waals surface area contributed by atoms with Crippen molar-refractivity contribution in [1.29, 1.82) is 0 Å². The number of ketones is 1. The van der Waals surface area contributed by atoms with Crippen molar-refractivity contribution in [3.05, 3.63) is 52.6 Å². The van der Waals surface area contributed by atoms with Gasteiger partial charge in [-0.1, -0.05) is 36.0 Å². The summed E-state index contributed by atoms with van der Waals surface area (Å²) in [6.07, 6.45) is 8.20. The van der Waals surface area contributed by atoms with E-state index in [1.807, 2.05) is 18.2 Å². The van der Waals surface area contributed by atoms with E-state index < -0.39 is 0 Å². The van der Waals surface area contributed by atoms with Crippen molar-refractivity contribution in [3.8, 4) is 11.3 Å². The number of nitrogens with zero attached hydrogens (tertiary/aromatic N) is 1. The maximum Gasteiger partial charge on any atom is 0.285 e. The van der Waals surface area contributed by atoms with Crippen LogP contribution in [0.5, 0.6) is 0 Å². The predicted molar refractivity (Wildman–Crippen MR) is 138 cm³/mol. The molecule has 6 nitrogen and oxygen atoms in total. The number of rotatable bonds is 5. The number of benzene rings is 1. The maximum absolute atomic E-state index is 13.4. The van der Waals surface area contributed by atoms with Gasteiger partial charge in [0.1, 0.15) is 11.5 Å². The number of amides is 2. The summed E-state index contributed by atoms with van der Waals surface area (Å²) in [5.74, 6) is 2.71. The molecular weight excluding hydrogens is 480 g/mol. The zero-order chi connectivity index (χ0) is 24.3. The molecule has 5 aliphatic rings. The smallest absolute Gasteiger partial charge is 0.285 e. The lowest BCUT2D eigenvalue weighted by molar-refractivity contribution is -0.152. The van der Waals surface area contributed by atoms with Gasteiger partial charge >= 0.3 is 0 Å². The van der Waals surface area contributed by atoms with Gasteiger partial charge in [-0.3, -0.25) is 19.8 Å². The van der Waals surface area contributed by atoms with Gasteiger partial charge in [-0.25, -0.2) is 0 Å². The Morgan fingerprint density at radius 2 is 1.69 bits per heavy atom. The Bertz CT molecular complexity index is 1240. The van der Waals surface area contributed by atoms with Gasteiger partial charge in [-0.15, -0.1) is 0 Å². The number of carbonyl (C=O) groups excluding carboxylic acids is 3. The highest BCUT2D eigenvalue weighted by molar-refractivity contribution is 8.26. The minimum absolute atomic E-state index is 0.00833. The molecule has 4 bridgehead atoms. The van der Waals surface area contributed by atoms with E-state index in [-0.39, 0.29) is 23.0 Å². The molecule has 0 unspecified atom stereocenters. The Morgan fingerprint density at radius 3 is 2.29 bits per heavy atom. The highest BCUT2D eigenvalue weighted by Crippen LogP contribution is 2.60. The summed E-state index contributed by atoms with van der Waals surface area (Å²) in [7, 11) is 0. The topological polar surface area (TPSA) is 79.6 Å². The third-order valence-electron chi connectivity index (χ3n) is 8.00. The van der Waals surface area contributed by atoms with Gasteiger partial charge in [0.05, 0.1) is 10.3 Å². The Labute approximate surface area is 213 Å². The van der Waals surface area contributed by atoms with Crippen molar-refractivity contribution in [3.63, 3.8) is 0 Å². The highest BCUT2D eigenvalue weighted by atomic mass is 32.2. The van der Waals surface area contributed by atoms with Crippen LogP contribution in [0.15, 0.2) is 45.7 Å². The second kappa shape index (κ2) is 8.45. The van der Waals surface area contributed by atoms with E-state index in [0.29, 0.717) is 44.1 Å². The van der Waals surface area contributed by atoms with Gasteiger partial charge in [0.15, 0.2) is 10.1 Å². The van der Waals surface area contributed by atoms with E-state index in [1.54, 1.807) is 24.3 Å². The molecule has 4 saturated carbocycles. The van der Waals surface area contributed by atoms with Crippen LogP contribution in [0.2, 0.25) is 0 Å². The van der Waals surface area contributed by atoms with Crippen LogP contribution in [0.1, 0.15) is 61.6 Å². The molecule has 1 N–H and O–H groups in total. The minimum Gasteiger partial charge on any atom is -0.457 e. The molecule has 2 aromatic rings. The quantitative estimate of drug-likeness (QED) is 0.323. The summed E-state index contributed by atoms with van der Waals surface area (Å²) >= 11 is 6.60. The Balaban J connectivity index is 1.16. The zero-order valence-corrected chi connectivity index (χ0v) is 21.0. The molecule has 180 valence electrons. The third-order valence-corrected chi connectivity index (χ3v) is 9.31. The van der Waals surface area contributed by atoms with Crippen LogP contribution in [0.4, 0.5) is 0 Å². The van der Waals surface area contributed by atoms with E-state index in [4.69, 9.17) is 16.6 Å². The molecule has 2 amide bonds. The molecule has 35 heavy (non-hydrogen) atoms. The zero-order valence-electron chi connectivity index (χ0n) is 19.4. The number of hydrogen-bond donors (Lipinski definition) is 1. The first-order chi connectivity index (χ1) is 16.8. The number of thiocarbonyl (C=S) groups is 1. The van der Waals surface area contributed by atoms with Crippen LogP contribution in [-0.2, 0) is 9.59 Å². The van der Waals surface area contributed by atoms with Crippen LogP contribution in [0.3, 0.4) is 0 Å². The lowest BCUT2D eigenvalue weighted by Crippen LogP contribution is -2.57. The van der Waals surface area contributed by atoms with Gasteiger partial charge in [0.2, 0.25) is 5.91 Å². The van der Waals surface area contributed by atoms with Crippen LogP contribution >= 0.6 is 24.0 Å². The SMILES string of the molecule is CC(=O)c1ccc(-c2ccc(/C=C3/SC(=S)N(NC(=O)C45CC6CC(CC(C6)C4)C5)C3=O)o2)cc1. The van der Waals surface area contributed by atoms with Crippen LogP contribution in [-0.4, -0.2) is 26.9 Å². The van der Waals surface area contributed by atoms with Crippen LogP contribution < -0.4 is 5.43 Å². The van der Waals surface area contributed by atoms with E-state index in [0.717, 1.165) is 36.6 Å². The minimum atomic E-state index is -0.352. The summed E-state index contributed by atoms with van der Waals surface area (Å²) in [5.41, 5.74) is 4.01. The van der Waals surface area contributed by atoms with Crippen LogP contribution in [0.25, 0.3) is 17.4 Å². The molecule has 1 saturated heterocycles. The number of hydrazine groups is 1. The van der Waals surface area contributed by atoms with Crippen LogP contribution in [0, 0.1) is 23.2 Å². The summed E-state index contributed by atoms with van der Waals surface area (Å²) in [6, 6.07) is 10.8. The molecule has 2 heterocycles. The summed E-state index contributed by atoms with van der Waals surface area (Å²) in [5, 5.41) is 1.23. The van der Waals surface area contributed by atoms with Crippen molar-refractivity contribution in [1.82, 2.24) is 10.4 Å². The lowest BCUT2D eigenvalue weighted by Gasteiger charge is -2.55. The number of thioether (sulfide) groups is 1. The molecule has 0 radical (unpaired) electrons. The first-order valence-corrected chi connectivity index (χ1v) is 13.3. The molecule has 5 fully saturated rings. The fraction of sp³-hybridized carbons (Fsp3) is 0.407. The summed E-state index contributed by atoms with van der Waals surface area (Å²) in [4.78, 5) is 38.4. The number of furan rings is 1. The number of Topliss-reactive ketones (excluding diaryl/α,β-unsaturated/α-hetero) is 1. The number of carbonyl (C=O) groups is 3. The molecule has 1 aromatic carbocycles. The number of nitrogens with one attached hydrogen (secondary N) is 1. The van der Waals surface area contributed by atoms with Gasteiger partial charge < -0.3 is 4.42 Å². The first kappa shape index (κ1) is 22.7. The molecule has 8 heteroatoms. The maximum atomic E-state index is 13.4. The lowest BCUT2D eigenvalue weighted by atomic mass is 9.49. The van der Waals surface area contributed by atoms with Gasteiger partial charge in [0, 0.05) is 17.2 Å². The Kier molecular flexibility index (Phi) is 5.49. The van der Waals surface area contributed by atoms with Crippen molar-refractivity contribution < 1.29 is 18.8 Å². The van der Waals surface area contributed by atoms with E-state index in [1.165, 1.54) is 31.2 Å². The molecular formula is C27H26N2O4S2. The van der Waals surface area contributed by atoms with E-state index in [9.17, 15) is 14.4 Å². The standard InChI is InChI=1S/C27H26N2O4S2/c1-15(30)19-2-4-20(5-3-19)22-7-6-21(33-22)11-23-24(31)29(26(34)35-23)28-25(32)27-12-16-8-17(13-27)10-18(9-16)14-27/h2-7,11,16-18H,8-10,12-14H2,1H3,(H,28,32)/b23-11+. The third kappa shape index (κ3) is 4.06. The van der Waals surface area contributed by atoms with Gasteiger partial charge in [0.25, 0.3) is 5.91 Å². The fourth-order valence-electron chi connectivity index (χ4n) is 6.76. The summed E-state index contributed by atoms with van der Waals surface area (Å²) < 4.78 is 6.25. The average molecular weight is 507 g/mol. The van der Waals surface area contributed by atoms with Crippen molar-refractivity contribution in [2.24, 2.45) is 23.2 Å². The predicted octanol–water partition coefficient (Wildman–Crippen LogP) is 5.60. The second-order valence-electron chi connectivity index (χ2n) is 10.5. The van der Waals surface area contributed by atoms with Crippen molar-refractivity contribution in [2.45, 2.75) is 45.4 Å². The number of hydrogen-bond acceptors (Lipinski definition) is 6. The molecule has 1 aliphatic heterocycles. The van der Waals surface area contributed by atoms with E-state index in [2.05, 4.69) is 5.43 Å². The van der Waals surface area contributed by atoms with Crippen molar-refractivity contribution in [2.75, 3.05) is 0 Å².